The fourth-order valence-electron chi connectivity index (χ4n) is 3.57. The topological polar surface area (TPSA) is 45.2 Å². The van der Waals surface area contributed by atoms with Crippen LogP contribution in [-0.2, 0) is 13.0 Å². The van der Waals surface area contributed by atoms with E-state index < -0.39 is 0 Å². The van der Waals surface area contributed by atoms with Crippen molar-refractivity contribution in [3.8, 4) is 0 Å². The first kappa shape index (κ1) is 18.2. The predicted octanol–water partition coefficient (Wildman–Crippen LogP) is 5.15. The van der Waals surface area contributed by atoms with Gasteiger partial charge in [-0.25, -0.2) is 0 Å². The third-order valence-electron chi connectivity index (χ3n) is 5.26. The fourth-order valence-corrected chi connectivity index (χ4v) is 3.57. The van der Waals surface area contributed by atoms with Crippen LogP contribution in [0.25, 0.3) is 0 Å². The zero-order valence-electron chi connectivity index (χ0n) is 16.4. The van der Waals surface area contributed by atoms with E-state index >= 15 is 0 Å². The van der Waals surface area contributed by atoms with Gasteiger partial charge in [0.2, 0.25) is 0 Å². The molecule has 1 amide bonds. The molecule has 2 heterocycles. The summed E-state index contributed by atoms with van der Waals surface area (Å²) in [5, 5.41) is 3.37. The molecule has 1 aromatic heterocycles. The normalized spacial score (nSPS) is 13.3. The highest BCUT2D eigenvalue weighted by molar-refractivity contribution is 5.93. The van der Waals surface area contributed by atoms with Crippen LogP contribution in [0.3, 0.4) is 0 Å². The zero-order valence-corrected chi connectivity index (χ0v) is 16.4. The first-order valence-electron chi connectivity index (χ1n) is 9.79. The first-order valence-corrected chi connectivity index (χ1v) is 9.79. The lowest BCUT2D eigenvalue weighted by molar-refractivity contribution is 0.0729. The minimum Gasteiger partial charge on any atom is -0.355 e. The molecule has 4 heteroatoms. The Morgan fingerprint density at radius 3 is 2.50 bits per heavy atom. The highest BCUT2D eigenvalue weighted by atomic mass is 16.2. The Balaban J connectivity index is 1.48. The SMILES string of the molecule is CC(C)c1ccc(Nc2ccnc(C(=O)N3CCc4ccccc4C3)c2)cc1. The van der Waals surface area contributed by atoms with Gasteiger partial charge < -0.3 is 10.2 Å². The molecule has 0 saturated carbocycles. The number of carbonyl (C=O) groups is 1. The maximum Gasteiger partial charge on any atom is 0.272 e. The molecule has 0 unspecified atom stereocenters. The highest BCUT2D eigenvalue weighted by Gasteiger charge is 2.22. The third kappa shape index (κ3) is 3.91. The number of carbonyl (C=O) groups excluding carboxylic acids is 1. The second kappa shape index (κ2) is 7.85. The summed E-state index contributed by atoms with van der Waals surface area (Å²) in [6.07, 6.45) is 2.58. The number of amides is 1. The van der Waals surface area contributed by atoms with Crippen LogP contribution in [0.5, 0.6) is 0 Å². The smallest absolute Gasteiger partial charge is 0.272 e. The van der Waals surface area contributed by atoms with Crippen molar-refractivity contribution < 1.29 is 4.79 Å². The van der Waals surface area contributed by atoms with Crippen molar-refractivity contribution in [2.45, 2.75) is 32.7 Å². The number of nitrogens with zero attached hydrogens (tertiary/aromatic N) is 2. The lowest BCUT2D eigenvalue weighted by atomic mass is 10.00. The molecule has 0 bridgehead atoms. The predicted molar refractivity (Wildman–Crippen MR) is 113 cm³/mol. The molecule has 0 spiro atoms. The second-order valence-electron chi connectivity index (χ2n) is 7.58. The molecule has 1 N–H and O–H groups in total. The summed E-state index contributed by atoms with van der Waals surface area (Å²) in [5.74, 6) is 0.488. The maximum absolute atomic E-state index is 13.0. The van der Waals surface area contributed by atoms with E-state index in [0.29, 0.717) is 18.2 Å². The summed E-state index contributed by atoms with van der Waals surface area (Å²) >= 11 is 0. The summed E-state index contributed by atoms with van der Waals surface area (Å²) in [4.78, 5) is 19.2. The average Bonchev–Trinajstić information content (AvgIpc) is 2.73. The van der Waals surface area contributed by atoms with Gasteiger partial charge >= 0.3 is 0 Å². The van der Waals surface area contributed by atoms with Gasteiger partial charge in [-0.15, -0.1) is 0 Å². The van der Waals surface area contributed by atoms with Crippen LogP contribution in [-0.4, -0.2) is 22.3 Å². The summed E-state index contributed by atoms with van der Waals surface area (Å²) in [6.45, 7) is 5.74. The molecule has 4 rings (SSSR count). The third-order valence-corrected chi connectivity index (χ3v) is 5.26. The number of aromatic nitrogens is 1. The van der Waals surface area contributed by atoms with Crippen LogP contribution in [0.2, 0.25) is 0 Å². The summed E-state index contributed by atoms with van der Waals surface area (Å²) in [5.41, 5.74) is 6.21. The van der Waals surface area contributed by atoms with Crippen molar-refractivity contribution in [1.29, 1.82) is 0 Å². The molecule has 0 radical (unpaired) electrons. The lowest BCUT2D eigenvalue weighted by Crippen LogP contribution is -2.36. The van der Waals surface area contributed by atoms with E-state index in [4.69, 9.17) is 0 Å². The van der Waals surface area contributed by atoms with Crippen molar-refractivity contribution in [3.05, 3.63) is 89.2 Å². The van der Waals surface area contributed by atoms with E-state index in [9.17, 15) is 4.79 Å². The number of fused-ring (bicyclic) bond motifs is 1. The molecule has 3 aromatic rings. The van der Waals surface area contributed by atoms with E-state index in [0.717, 1.165) is 24.3 Å². The number of benzene rings is 2. The van der Waals surface area contributed by atoms with Crippen molar-refractivity contribution in [2.24, 2.45) is 0 Å². The molecule has 2 aromatic carbocycles. The van der Waals surface area contributed by atoms with Crippen LogP contribution in [0.15, 0.2) is 66.9 Å². The minimum absolute atomic E-state index is 0.0201. The van der Waals surface area contributed by atoms with Gasteiger partial charge in [0.05, 0.1) is 0 Å². The van der Waals surface area contributed by atoms with E-state index in [-0.39, 0.29) is 5.91 Å². The van der Waals surface area contributed by atoms with Crippen molar-refractivity contribution in [2.75, 3.05) is 11.9 Å². The average molecular weight is 371 g/mol. The van der Waals surface area contributed by atoms with Crippen LogP contribution in [0.1, 0.15) is 46.9 Å². The number of anilines is 2. The molecule has 0 atom stereocenters. The molecule has 0 saturated heterocycles. The number of hydrogen-bond acceptors (Lipinski definition) is 3. The van der Waals surface area contributed by atoms with Gasteiger partial charge in [-0.1, -0.05) is 50.2 Å². The molecular weight excluding hydrogens is 346 g/mol. The van der Waals surface area contributed by atoms with Crippen molar-refractivity contribution in [3.63, 3.8) is 0 Å². The Bertz CT molecular complexity index is 979. The summed E-state index contributed by atoms with van der Waals surface area (Å²) in [6, 6.07) is 20.4. The quantitative estimate of drug-likeness (QED) is 0.690. The van der Waals surface area contributed by atoms with Gasteiger partial charge in [0.1, 0.15) is 5.69 Å². The molecular formula is C24H25N3O. The van der Waals surface area contributed by atoms with Gasteiger partial charge in [-0.3, -0.25) is 9.78 Å². The van der Waals surface area contributed by atoms with Crippen LogP contribution in [0.4, 0.5) is 11.4 Å². The fraction of sp³-hybridized carbons (Fsp3) is 0.250. The first-order chi connectivity index (χ1) is 13.6. The summed E-state index contributed by atoms with van der Waals surface area (Å²) < 4.78 is 0. The number of hydrogen-bond donors (Lipinski definition) is 1. The van der Waals surface area contributed by atoms with E-state index in [2.05, 4.69) is 66.6 Å². The molecule has 142 valence electrons. The summed E-state index contributed by atoms with van der Waals surface area (Å²) in [7, 11) is 0. The van der Waals surface area contributed by atoms with Crippen LogP contribution in [0, 0.1) is 0 Å². The van der Waals surface area contributed by atoms with Gasteiger partial charge in [0, 0.05) is 30.7 Å². The van der Waals surface area contributed by atoms with Gasteiger partial charge in [0.25, 0.3) is 5.91 Å². The Morgan fingerprint density at radius 2 is 1.75 bits per heavy atom. The maximum atomic E-state index is 13.0. The minimum atomic E-state index is -0.0201. The number of nitrogens with one attached hydrogen (secondary N) is 1. The second-order valence-corrected chi connectivity index (χ2v) is 7.58. The molecule has 4 nitrogen and oxygen atoms in total. The Labute approximate surface area is 166 Å². The number of rotatable bonds is 4. The van der Waals surface area contributed by atoms with Gasteiger partial charge in [0.15, 0.2) is 0 Å². The van der Waals surface area contributed by atoms with Crippen molar-refractivity contribution in [1.82, 2.24) is 9.88 Å². The molecule has 1 aliphatic heterocycles. The zero-order chi connectivity index (χ0) is 19.5. The molecule has 0 aliphatic carbocycles. The van der Waals surface area contributed by atoms with E-state index in [1.54, 1.807) is 6.20 Å². The van der Waals surface area contributed by atoms with Gasteiger partial charge in [-0.05, 0) is 53.3 Å². The largest absolute Gasteiger partial charge is 0.355 e. The Kier molecular flexibility index (Phi) is 5.11. The van der Waals surface area contributed by atoms with Gasteiger partial charge in [-0.2, -0.15) is 0 Å². The standard InChI is InChI=1S/C24H25N3O/c1-17(2)18-7-9-21(10-8-18)26-22-11-13-25-23(15-22)24(28)27-14-12-19-5-3-4-6-20(19)16-27/h3-11,13,15,17H,12,14,16H2,1-2H3,(H,25,26). The monoisotopic (exact) mass is 371 g/mol. The highest BCUT2D eigenvalue weighted by Crippen LogP contribution is 2.23. The molecule has 28 heavy (non-hydrogen) atoms. The number of pyridine rings is 1. The Hall–Kier alpha value is -3.14. The lowest BCUT2D eigenvalue weighted by Gasteiger charge is -2.28. The van der Waals surface area contributed by atoms with Crippen molar-refractivity contribution >= 4 is 17.3 Å². The van der Waals surface area contributed by atoms with E-state index in [1.165, 1.54) is 16.7 Å². The van der Waals surface area contributed by atoms with Crippen LogP contribution >= 0.6 is 0 Å². The van der Waals surface area contributed by atoms with Crippen LogP contribution < -0.4 is 5.32 Å². The molecule has 0 fully saturated rings. The Morgan fingerprint density at radius 1 is 1.00 bits per heavy atom. The van der Waals surface area contributed by atoms with E-state index in [1.807, 2.05) is 23.1 Å². The molecule has 1 aliphatic rings.